The Bertz CT molecular complexity index is 441. The third-order valence-corrected chi connectivity index (χ3v) is 4.45. The lowest BCUT2D eigenvalue weighted by Crippen LogP contribution is -2.49. The highest BCUT2D eigenvalue weighted by molar-refractivity contribution is 5.44. The van der Waals surface area contributed by atoms with Gasteiger partial charge in [-0.2, -0.15) is 5.26 Å². The first-order chi connectivity index (χ1) is 9.09. The molecule has 0 unspecified atom stereocenters. The number of nitrogens with zero attached hydrogens (tertiary/aromatic N) is 4. The van der Waals surface area contributed by atoms with Crippen molar-refractivity contribution >= 4 is 5.69 Å². The van der Waals surface area contributed by atoms with Crippen LogP contribution in [0, 0.1) is 11.3 Å². The molecule has 0 aromatic carbocycles. The Kier molecular flexibility index (Phi) is 4.06. The van der Waals surface area contributed by atoms with E-state index in [2.05, 4.69) is 34.0 Å². The van der Waals surface area contributed by atoms with Crippen molar-refractivity contribution in [2.75, 3.05) is 26.0 Å². The Morgan fingerprint density at radius 2 is 2.00 bits per heavy atom. The van der Waals surface area contributed by atoms with Gasteiger partial charge >= 0.3 is 0 Å². The molecule has 1 aromatic heterocycles. The normalized spacial score (nSPS) is 27.0. The maximum absolute atomic E-state index is 9.44. The number of anilines is 1. The van der Waals surface area contributed by atoms with Gasteiger partial charge in [-0.15, -0.1) is 0 Å². The largest absolute Gasteiger partial charge is 0.370 e. The lowest BCUT2D eigenvalue weighted by atomic mass is 9.79. The summed E-state index contributed by atoms with van der Waals surface area (Å²) in [6.45, 7) is 0. The van der Waals surface area contributed by atoms with Gasteiger partial charge in [0, 0.05) is 19.3 Å². The highest BCUT2D eigenvalue weighted by Crippen LogP contribution is 2.34. The van der Waals surface area contributed by atoms with Crippen LogP contribution in [-0.2, 0) is 0 Å². The first kappa shape index (κ1) is 13.8. The van der Waals surface area contributed by atoms with Gasteiger partial charge < -0.3 is 4.90 Å². The Balaban J connectivity index is 2.03. The lowest BCUT2D eigenvalue weighted by Gasteiger charge is -2.42. The summed E-state index contributed by atoms with van der Waals surface area (Å²) < 4.78 is 0. The van der Waals surface area contributed by atoms with Crippen LogP contribution < -0.4 is 4.90 Å². The van der Waals surface area contributed by atoms with Crippen LogP contribution in [0.3, 0.4) is 0 Å². The summed E-state index contributed by atoms with van der Waals surface area (Å²) >= 11 is 0. The Hall–Kier alpha value is -1.60. The third kappa shape index (κ3) is 2.71. The zero-order valence-corrected chi connectivity index (χ0v) is 12.0. The minimum Gasteiger partial charge on any atom is -0.370 e. The molecule has 0 atom stereocenters. The minimum absolute atomic E-state index is 0.272. The smallest absolute Gasteiger partial charge is 0.108 e. The second kappa shape index (κ2) is 5.58. The molecule has 1 fully saturated rings. The monoisotopic (exact) mass is 258 g/mol. The van der Waals surface area contributed by atoms with E-state index in [9.17, 15) is 5.26 Å². The molecule has 2 rings (SSSR count). The van der Waals surface area contributed by atoms with Crippen molar-refractivity contribution in [1.82, 2.24) is 9.88 Å². The molecule has 0 N–H and O–H groups in total. The molecular weight excluding hydrogens is 236 g/mol. The van der Waals surface area contributed by atoms with Crippen molar-refractivity contribution in [1.29, 1.82) is 5.26 Å². The van der Waals surface area contributed by atoms with Crippen molar-refractivity contribution in [2.24, 2.45) is 0 Å². The summed E-state index contributed by atoms with van der Waals surface area (Å²) in [5.41, 5.74) is 0.883. The molecule has 4 heteroatoms. The van der Waals surface area contributed by atoms with Gasteiger partial charge in [0.05, 0.1) is 18.0 Å². The molecule has 1 aliphatic rings. The Labute approximate surface area is 115 Å². The third-order valence-electron chi connectivity index (χ3n) is 4.45. The summed E-state index contributed by atoms with van der Waals surface area (Å²) in [6, 6.07) is 7.07. The van der Waals surface area contributed by atoms with Crippen molar-refractivity contribution < 1.29 is 0 Å². The first-order valence-corrected chi connectivity index (χ1v) is 6.80. The van der Waals surface area contributed by atoms with Gasteiger partial charge in [0.2, 0.25) is 0 Å². The number of pyridine rings is 1. The van der Waals surface area contributed by atoms with Gasteiger partial charge in [-0.3, -0.25) is 9.88 Å². The van der Waals surface area contributed by atoms with Crippen molar-refractivity contribution in [2.45, 2.75) is 37.3 Å². The van der Waals surface area contributed by atoms with Gasteiger partial charge in [0.25, 0.3) is 0 Å². The fraction of sp³-hybridized carbons (Fsp3) is 0.600. The SMILES string of the molecule is CN(c1cccnc1)C1CCC(C#N)(N(C)C)CC1. The maximum atomic E-state index is 9.44. The van der Waals surface area contributed by atoms with Crippen LogP contribution in [0.5, 0.6) is 0 Å². The van der Waals surface area contributed by atoms with Crippen LogP contribution in [0.25, 0.3) is 0 Å². The fourth-order valence-electron chi connectivity index (χ4n) is 2.90. The van der Waals surface area contributed by atoms with Gasteiger partial charge in [-0.1, -0.05) is 0 Å². The van der Waals surface area contributed by atoms with Crippen molar-refractivity contribution in [3.8, 4) is 6.07 Å². The minimum atomic E-state index is -0.272. The molecule has 1 heterocycles. The quantitative estimate of drug-likeness (QED) is 0.834. The zero-order chi connectivity index (χ0) is 13.9. The Morgan fingerprint density at radius 1 is 1.32 bits per heavy atom. The van der Waals surface area contributed by atoms with E-state index in [-0.39, 0.29) is 5.54 Å². The zero-order valence-electron chi connectivity index (χ0n) is 12.0. The van der Waals surface area contributed by atoms with E-state index in [0.717, 1.165) is 31.4 Å². The van der Waals surface area contributed by atoms with Crippen molar-refractivity contribution in [3.63, 3.8) is 0 Å². The highest BCUT2D eigenvalue weighted by Gasteiger charge is 2.38. The maximum Gasteiger partial charge on any atom is 0.108 e. The lowest BCUT2D eigenvalue weighted by molar-refractivity contribution is 0.148. The molecule has 19 heavy (non-hydrogen) atoms. The van der Waals surface area contributed by atoms with Gasteiger partial charge in [0.1, 0.15) is 5.54 Å². The number of hydrogen-bond acceptors (Lipinski definition) is 4. The van der Waals surface area contributed by atoms with Crippen LogP contribution in [-0.4, -0.2) is 42.6 Å². The van der Waals surface area contributed by atoms with Crippen LogP contribution in [0.15, 0.2) is 24.5 Å². The molecule has 0 aliphatic heterocycles. The van der Waals surface area contributed by atoms with E-state index in [4.69, 9.17) is 0 Å². The molecule has 1 saturated carbocycles. The summed E-state index contributed by atoms with van der Waals surface area (Å²) in [5.74, 6) is 0. The topological polar surface area (TPSA) is 43.2 Å². The molecule has 0 radical (unpaired) electrons. The van der Waals surface area contributed by atoms with E-state index in [1.165, 1.54) is 0 Å². The van der Waals surface area contributed by atoms with E-state index >= 15 is 0 Å². The molecule has 0 spiro atoms. The molecule has 0 saturated heterocycles. The van der Waals surface area contributed by atoms with Gasteiger partial charge in [-0.05, 0) is 51.9 Å². The molecule has 1 aromatic rings. The molecule has 1 aliphatic carbocycles. The fourth-order valence-corrected chi connectivity index (χ4v) is 2.90. The average molecular weight is 258 g/mol. The van der Waals surface area contributed by atoms with Crippen molar-refractivity contribution in [3.05, 3.63) is 24.5 Å². The predicted octanol–water partition coefficient (Wildman–Crippen LogP) is 2.28. The molecular formula is C15H22N4. The second-order valence-corrected chi connectivity index (χ2v) is 5.59. The first-order valence-electron chi connectivity index (χ1n) is 6.80. The van der Waals surface area contributed by atoms with Gasteiger partial charge in [0.15, 0.2) is 0 Å². The second-order valence-electron chi connectivity index (χ2n) is 5.59. The van der Waals surface area contributed by atoms with E-state index in [0.29, 0.717) is 6.04 Å². The van der Waals surface area contributed by atoms with E-state index in [1.54, 1.807) is 6.20 Å². The number of nitriles is 1. The number of aromatic nitrogens is 1. The summed E-state index contributed by atoms with van der Waals surface area (Å²) in [7, 11) is 6.14. The predicted molar refractivity (Wildman–Crippen MR) is 76.9 cm³/mol. The Morgan fingerprint density at radius 3 is 2.47 bits per heavy atom. The molecule has 102 valence electrons. The average Bonchev–Trinajstić information content (AvgIpc) is 2.47. The number of hydrogen-bond donors (Lipinski definition) is 0. The van der Waals surface area contributed by atoms with Crippen LogP contribution >= 0.6 is 0 Å². The van der Waals surface area contributed by atoms with E-state index < -0.39 is 0 Å². The molecule has 4 nitrogen and oxygen atoms in total. The molecule has 0 bridgehead atoms. The van der Waals surface area contributed by atoms with E-state index in [1.807, 2.05) is 26.4 Å². The van der Waals surface area contributed by atoms with Crippen LogP contribution in [0.2, 0.25) is 0 Å². The summed E-state index contributed by atoms with van der Waals surface area (Å²) in [5, 5.41) is 9.44. The number of rotatable bonds is 3. The van der Waals surface area contributed by atoms with Crippen LogP contribution in [0.1, 0.15) is 25.7 Å². The molecule has 0 amide bonds. The summed E-state index contributed by atoms with van der Waals surface area (Å²) in [6.07, 6.45) is 7.68. The highest BCUT2D eigenvalue weighted by atomic mass is 15.2. The summed E-state index contributed by atoms with van der Waals surface area (Å²) in [4.78, 5) is 8.54. The van der Waals surface area contributed by atoms with Crippen LogP contribution in [0.4, 0.5) is 5.69 Å². The van der Waals surface area contributed by atoms with Gasteiger partial charge in [-0.25, -0.2) is 0 Å². The standard InChI is InChI=1S/C15H22N4/c1-18(2)15(12-16)8-6-13(7-9-15)19(3)14-5-4-10-17-11-14/h4-5,10-11,13H,6-9H2,1-3H3.